The van der Waals surface area contributed by atoms with Crippen LogP contribution in [0.4, 0.5) is 14.5 Å². The first kappa shape index (κ1) is 22.7. The molecule has 0 fully saturated rings. The lowest BCUT2D eigenvalue weighted by molar-refractivity contribution is -0.286. The molecule has 1 amide bonds. The first-order chi connectivity index (χ1) is 16.8. The van der Waals surface area contributed by atoms with Gasteiger partial charge in [0, 0.05) is 11.8 Å². The first-order valence-corrected chi connectivity index (χ1v) is 11.3. The molecule has 1 aromatic heterocycles. The van der Waals surface area contributed by atoms with Gasteiger partial charge >= 0.3 is 6.29 Å². The van der Waals surface area contributed by atoms with Crippen molar-refractivity contribution in [1.29, 1.82) is 0 Å². The predicted molar refractivity (Wildman–Crippen MR) is 126 cm³/mol. The van der Waals surface area contributed by atoms with Crippen molar-refractivity contribution < 1.29 is 27.8 Å². The summed E-state index contributed by atoms with van der Waals surface area (Å²) >= 11 is 1.05. The largest absolute Gasteiger partial charge is 0.586 e. The van der Waals surface area contributed by atoms with E-state index in [0.717, 1.165) is 11.8 Å². The van der Waals surface area contributed by atoms with Crippen LogP contribution in [0.2, 0.25) is 0 Å². The van der Waals surface area contributed by atoms with Crippen LogP contribution < -0.4 is 25.1 Å². The average Bonchev–Trinajstić information content (AvgIpc) is 3.16. The van der Waals surface area contributed by atoms with E-state index in [2.05, 4.69) is 19.8 Å². The summed E-state index contributed by atoms with van der Waals surface area (Å²) in [5.74, 6) is -0.375. The number of alkyl halides is 2. The molecular formula is C24H17F2N3O5S. The van der Waals surface area contributed by atoms with E-state index in [1.54, 1.807) is 48.5 Å². The lowest BCUT2D eigenvalue weighted by Crippen LogP contribution is -2.25. The molecule has 0 saturated heterocycles. The standard InChI is InChI=1S/C24H17F2N3O5S/c1-32-18-9-5-4-8-17(18)29-22(31)15-6-2-3-7-16(15)28-23(29)35-13-21(30)27-14-10-11-19-20(12-14)34-24(25,26)33-19/h2-12H,13H2,1H3,(H,27,30). The van der Waals surface area contributed by atoms with E-state index >= 15 is 0 Å². The number of carbonyl (C=O) groups excluding carboxylic acids is 1. The second-order valence-corrected chi connectivity index (χ2v) is 8.33. The predicted octanol–water partition coefficient (Wildman–Crippen LogP) is 4.45. The van der Waals surface area contributed by atoms with Crippen LogP contribution >= 0.6 is 11.8 Å². The Morgan fingerprint density at radius 2 is 1.83 bits per heavy atom. The Labute approximate surface area is 201 Å². The van der Waals surface area contributed by atoms with Gasteiger partial charge in [0.25, 0.3) is 5.56 Å². The second-order valence-electron chi connectivity index (χ2n) is 7.39. The number of benzene rings is 3. The number of para-hydroxylation sites is 3. The topological polar surface area (TPSA) is 91.7 Å². The van der Waals surface area contributed by atoms with Gasteiger partial charge in [0.2, 0.25) is 5.91 Å². The maximum Gasteiger partial charge on any atom is 0.586 e. The smallest absolute Gasteiger partial charge is 0.495 e. The number of methoxy groups -OCH3 is 1. The van der Waals surface area contributed by atoms with E-state index in [1.165, 1.54) is 29.9 Å². The monoisotopic (exact) mass is 497 g/mol. The molecule has 0 spiro atoms. The molecule has 11 heteroatoms. The third-order valence-electron chi connectivity index (χ3n) is 5.09. The zero-order valence-corrected chi connectivity index (χ0v) is 19.0. The highest BCUT2D eigenvalue weighted by molar-refractivity contribution is 7.99. The molecule has 178 valence electrons. The molecule has 4 aromatic rings. The number of amides is 1. The van der Waals surface area contributed by atoms with Crippen molar-refractivity contribution in [2.45, 2.75) is 11.5 Å². The van der Waals surface area contributed by atoms with Gasteiger partial charge in [0.05, 0.1) is 29.5 Å². The number of nitrogens with one attached hydrogen (secondary N) is 1. The second kappa shape index (κ2) is 8.91. The van der Waals surface area contributed by atoms with Gasteiger partial charge in [0.15, 0.2) is 16.7 Å². The zero-order valence-electron chi connectivity index (χ0n) is 18.2. The molecule has 0 atom stereocenters. The van der Waals surface area contributed by atoms with E-state index in [4.69, 9.17) is 4.74 Å². The quantitative estimate of drug-likeness (QED) is 0.311. The Morgan fingerprint density at radius 1 is 1.09 bits per heavy atom. The number of halogens is 2. The first-order valence-electron chi connectivity index (χ1n) is 10.3. The summed E-state index contributed by atoms with van der Waals surface area (Å²) in [4.78, 5) is 30.6. The summed E-state index contributed by atoms with van der Waals surface area (Å²) in [5, 5.41) is 3.33. The van der Waals surface area contributed by atoms with Crippen LogP contribution in [0.5, 0.6) is 17.2 Å². The van der Waals surface area contributed by atoms with Crippen LogP contribution in [0.25, 0.3) is 16.6 Å². The minimum Gasteiger partial charge on any atom is -0.495 e. The number of nitrogens with zero attached hydrogens (tertiary/aromatic N) is 2. The number of hydrogen-bond acceptors (Lipinski definition) is 7. The van der Waals surface area contributed by atoms with Crippen LogP contribution in [-0.2, 0) is 4.79 Å². The van der Waals surface area contributed by atoms with Gasteiger partial charge in [0.1, 0.15) is 5.75 Å². The van der Waals surface area contributed by atoms with Gasteiger partial charge in [-0.3, -0.25) is 14.2 Å². The third kappa shape index (κ3) is 4.50. The molecule has 8 nitrogen and oxygen atoms in total. The maximum absolute atomic E-state index is 13.4. The highest BCUT2D eigenvalue weighted by Gasteiger charge is 2.43. The molecule has 35 heavy (non-hydrogen) atoms. The number of aromatic nitrogens is 2. The Kier molecular flexibility index (Phi) is 5.77. The number of anilines is 1. The molecule has 0 radical (unpaired) electrons. The van der Waals surface area contributed by atoms with E-state index in [-0.39, 0.29) is 28.5 Å². The summed E-state index contributed by atoms with van der Waals surface area (Å²) < 4.78 is 42.1. The van der Waals surface area contributed by atoms with E-state index < -0.39 is 12.2 Å². The van der Waals surface area contributed by atoms with Crippen LogP contribution in [-0.4, -0.2) is 34.6 Å². The zero-order chi connectivity index (χ0) is 24.6. The molecule has 0 bridgehead atoms. The summed E-state index contributed by atoms with van der Waals surface area (Å²) in [6, 6.07) is 17.9. The third-order valence-corrected chi connectivity index (χ3v) is 6.03. The number of fused-ring (bicyclic) bond motifs is 2. The fourth-order valence-corrected chi connectivity index (χ4v) is 4.40. The van der Waals surface area contributed by atoms with E-state index in [1.807, 2.05) is 0 Å². The van der Waals surface area contributed by atoms with Crippen LogP contribution in [0.3, 0.4) is 0 Å². The van der Waals surface area contributed by atoms with Gasteiger partial charge in [-0.25, -0.2) is 4.98 Å². The lowest BCUT2D eigenvalue weighted by Gasteiger charge is -2.15. The minimum absolute atomic E-state index is 0.107. The van der Waals surface area contributed by atoms with Gasteiger partial charge in [-0.1, -0.05) is 36.0 Å². The van der Waals surface area contributed by atoms with Gasteiger partial charge in [-0.2, -0.15) is 0 Å². The highest BCUT2D eigenvalue weighted by Crippen LogP contribution is 2.42. The number of thioether (sulfide) groups is 1. The highest BCUT2D eigenvalue weighted by atomic mass is 32.2. The molecule has 1 aliphatic rings. The van der Waals surface area contributed by atoms with Gasteiger partial charge in [-0.05, 0) is 36.4 Å². The van der Waals surface area contributed by atoms with Crippen LogP contribution in [0.15, 0.2) is 76.7 Å². The fourth-order valence-electron chi connectivity index (χ4n) is 3.59. The molecule has 1 N–H and O–H groups in total. The van der Waals surface area contributed by atoms with Crippen molar-refractivity contribution in [1.82, 2.24) is 9.55 Å². The van der Waals surface area contributed by atoms with Crippen molar-refractivity contribution in [3.63, 3.8) is 0 Å². The van der Waals surface area contributed by atoms with Crippen molar-refractivity contribution in [2.75, 3.05) is 18.2 Å². The molecule has 3 aromatic carbocycles. The molecule has 0 saturated carbocycles. The number of carbonyl (C=O) groups is 1. The molecule has 5 rings (SSSR count). The molecule has 1 aliphatic heterocycles. The summed E-state index contributed by atoms with van der Waals surface area (Å²) in [5.41, 5.74) is 0.921. The maximum atomic E-state index is 13.4. The molecule has 0 unspecified atom stereocenters. The van der Waals surface area contributed by atoms with Crippen molar-refractivity contribution in [2.24, 2.45) is 0 Å². The molecule has 2 heterocycles. The Hall–Kier alpha value is -4.12. The van der Waals surface area contributed by atoms with Gasteiger partial charge in [-0.15, -0.1) is 8.78 Å². The minimum atomic E-state index is -3.75. The van der Waals surface area contributed by atoms with Crippen molar-refractivity contribution in [3.8, 4) is 22.9 Å². The summed E-state index contributed by atoms with van der Waals surface area (Å²) in [6.45, 7) is 0. The summed E-state index contributed by atoms with van der Waals surface area (Å²) in [6.07, 6.45) is -3.75. The van der Waals surface area contributed by atoms with Crippen molar-refractivity contribution >= 4 is 34.3 Å². The number of ether oxygens (including phenoxy) is 3. The van der Waals surface area contributed by atoms with Crippen LogP contribution in [0, 0.1) is 0 Å². The lowest BCUT2D eigenvalue weighted by atomic mass is 10.2. The molecule has 0 aliphatic carbocycles. The van der Waals surface area contributed by atoms with Crippen molar-refractivity contribution in [3.05, 3.63) is 77.1 Å². The Bertz CT molecular complexity index is 1510. The fraction of sp³-hybridized carbons (Fsp3) is 0.125. The average molecular weight is 497 g/mol. The Morgan fingerprint density at radius 3 is 2.66 bits per heavy atom. The molecular weight excluding hydrogens is 480 g/mol. The Balaban J connectivity index is 1.42. The SMILES string of the molecule is COc1ccccc1-n1c(SCC(=O)Nc2ccc3c(c2)OC(F)(F)O3)nc2ccccc2c1=O. The number of hydrogen-bond donors (Lipinski definition) is 1. The van der Waals surface area contributed by atoms with Gasteiger partial charge < -0.3 is 19.5 Å². The summed E-state index contributed by atoms with van der Waals surface area (Å²) in [7, 11) is 1.50. The normalized spacial score (nSPS) is 13.6. The van der Waals surface area contributed by atoms with Crippen LogP contribution in [0.1, 0.15) is 0 Å². The number of rotatable bonds is 6. The van der Waals surface area contributed by atoms with E-state index in [9.17, 15) is 18.4 Å². The van der Waals surface area contributed by atoms with E-state index in [0.29, 0.717) is 27.5 Å².